The van der Waals surface area contributed by atoms with E-state index < -0.39 is 34.1 Å². The molecule has 0 amide bonds. The van der Waals surface area contributed by atoms with Crippen molar-refractivity contribution >= 4 is 40.6 Å². The molecule has 10 aliphatic rings. The number of fused-ring (bicyclic) bond motifs is 4. The van der Waals surface area contributed by atoms with Gasteiger partial charge in [-0.3, -0.25) is 24.0 Å². The number of hydrogen-bond donors (Lipinski definition) is 2. The van der Waals surface area contributed by atoms with Crippen molar-refractivity contribution in [3.63, 3.8) is 0 Å². The Morgan fingerprint density at radius 1 is 0.645 bits per heavy atom. The molecular formula is C62H90O14. The molecule has 422 valence electrons. The standard InChI is InChI=1S/C17H28O3.C16H26O3.C16H18O3.C13H18O5/c1-4-16(2,3)15(18)20-17(9-5-6-10-17)13-11-12-7-8-14(13)19-12;1-4-14(2,3)13(17)19-16-8-11-5-12(9-16)7-15(18,6-11)10-16;1-4-16(2,3)15(18)19-14-10-6-7-11-12(14)8-5-9-13(11)17;1-4-13(2,3)12(15)18-9-7-5-6-8(16-7)10(9)17-11(6)14/h12-14H,4-11H2,1-3H3;11-12,18H,4-10H2,1-3H3;5-10,17H,4H2,1-3H3;6-10H,4-5H2,1-3H3. The molecule has 5 saturated heterocycles. The highest BCUT2D eigenvalue weighted by Gasteiger charge is 2.65. The zero-order valence-corrected chi connectivity index (χ0v) is 47.8. The Bertz CT molecular complexity index is 2450. The van der Waals surface area contributed by atoms with Crippen LogP contribution in [0.4, 0.5) is 0 Å². The largest absolute Gasteiger partial charge is 0.507 e. The number of rotatable bonds is 13. The molecule has 0 spiro atoms. The summed E-state index contributed by atoms with van der Waals surface area (Å²) >= 11 is 0. The fraction of sp³-hybridized carbons (Fsp3) is 0.758. The molecule has 10 atom stereocenters. The lowest BCUT2D eigenvalue weighted by molar-refractivity contribution is -0.225. The number of aromatic hydroxyl groups is 1. The van der Waals surface area contributed by atoms with Gasteiger partial charge in [-0.25, -0.2) is 0 Å². The van der Waals surface area contributed by atoms with Crippen LogP contribution in [0.25, 0.3) is 10.8 Å². The van der Waals surface area contributed by atoms with Crippen molar-refractivity contribution < 1.29 is 67.3 Å². The van der Waals surface area contributed by atoms with Crippen molar-refractivity contribution in [2.24, 2.45) is 45.3 Å². The van der Waals surface area contributed by atoms with Gasteiger partial charge in [-0.05, 0) is 189 Å². The van der Waals surface area contributed by atoms with E-state index in [0.29, 0.717) is 66.8 Å². The normalized spacial score (nSPS) is 33.0. The summed E-state index contributed by atoms with van der Waals surface area (Å²) in [4.78, 5) is 60.6. The van der Waals surface area contributed by atoms with Gasteiger partial charge in [0.15, 0.2) is 12.2 Å². The summed E-state index contributed by atoms with van der Waals surface area (Å²) < 4.78 is 40.1. The predicted molar refractivity (Wildman–Crippen MR) is 286 cm³/mol. The Morgan fingerprint density at radius 2 is 1.21 bits per heavy atom. The summed E-state index contributed by atoms with van der Waals surface area (Å²) in [5.41, 5.74) is -2.94. The molecule has 14 heteroatoms. The van der Waals surface area contributed by atoms with Gasteiger partial charge in [-0.2, -0.15) is 0 Å². The highest BCUT2D eigenvalue weighted by molar-refractivity contribution is 5.94. The molecule has 5 aliphatic heterocycles. The van der Waals surface area contributed by atoms with Gasteiger partial charge in [-0.1, -0.05) is 52.0 Å². The van der Waals surface area contributed by atoms with Gasteiger partial charge in [0.25, 0.3) is 0 Å². The molecule has 76 heavy (non-hydrogen) atoms. The quantitative estimate of drug-likeness (QED) is 0.109. The number of phenols is 1. The predicted octanol–water partition coefficient (Wildman–Crippen LogP) is 11.8. The summed E-state index contributed by atoms with van der Waals surface area (Å²) in [5, 5.41) is 21.9. The summed E-state index contributed by atoms with van der Waals surface area (Å²) in [5.74, 6) is 1.29. The minimum atomic E-state index is -0.555. The van der Waals surface area contributed by atoms with Gasteiger partial charge in [0.05, 0.1) is 51.5 Å². The summed E-state index contributed by atoms with van der Waals surface area (Å²) in [6, 6.07) is 10.5. The van der Waals surface area contributed by atoms with Crippen LogP contribution in [-0.4, -0.2) is 93.5 Å². The van der Waals surface area contributed by atoms with Gasteiger partial charge in [0.2, 0.25) is 0 Å². The van der Waals surface area contributed by atoms with Crippen LogP contribution in [0.5, 0.6) is 11.5 Å². The summed E-state index contributed by atoms with van der Waals surface area (Å²) in [6.45, 7) is 23.3. The molecule has 14 nitrogen and oxygen atoms in total. The first-order valence-electron chi connectivity index (χ1n) is 29.0. The van der Waals surface area contributed by atoms with Crippen molar-refractivity contribution in [2.75, 3.05) is 0 Å². The number of benzene rings is 2. The van der Waals surface area contributed by atoms with E-state index in [1.807, 2.05) is 82.2 Å². The second-order valence-corrected chi connectivity index (χ2v) is 26.9. The van der Waals surface area contributed by atoms with Crippen LogP contribution in [-0.2, 0) is 52.4 Å². The smallest absolute Gasteiger partial charge is 0.316 e. The first-order valence-corrected chi connectivity index (χ1v) is 29.0. The minimum absolute atomic E-state index is 0.00956. The Labute approximate surface area is 451 Å². The average Bonchev–Trinajstić information content (AvgIpc) is 4.25. The van der Waals surface area contributed by atoms with Crippen LogP contribution in [0.2, 0.25) is 0 Å². The third-order valence-corrected chi connectivity index (χ3v) is 19.6. The van der Waals surface area contributed by atoms with E-state index in [0.717, 1.165) is 69.6 Å². The molecule has 8 bridgehead atoms. The zero-order valence-electron chi connectivity index (χ0n) is 47.8. The van der Waals surface area contributed by atoms with Crippen LogP contribution < -0.4 is 4.74 Å². The Kier molecular flexibility index (Phi) is 16.6. The monoisotopic (exact) mass is 1060 g/mol. The maximum absolute atomic E-state index is 12.6. The third-order valence-electron chi connectivity index (χ3n) is 19.6. The van der Waals surface area contributed by atoms with Crippen LogP contribution in [0.3, 0.4) is 0 Å². The molecular weight excluding hydrogens is 969 g/mol. The first-order chi connectivity index (χ1) is 35.6. The number of carbonyl (C=O) groups excluding carboxylic acids is 5. The molecule has 12 rings (SSSR count). The van der Waals surface area contributed by atoms with Gasteiger partial charge < -0.3 is 43.4 Å². The number of hydrogen-bond acceptors (Lipinski definition) is 14. The van der Waals surface area contributed by atoms with E-state index in [9.17, 15) is 34.2 Å². The van der Waals surface area contributed by atoms with Crippen molar-refractivity contribution in [2.45, 2.75) is 252 Å². The molecule has 2 aromatic rings. The fourth-order valence-corrected chi connectivity index (χ4v) is 13.5. The maximum atomic E-state index is 12.6. The number of aliphatic hydroxyl groups is 1. The van der Waals surface area contributed by atoms with Crippen molar-refractivity contribution in [1.82, 2.24) is 0 Å². The van der Waals surface area contributed by atoms with Crippen LogP contribution in [0, 0.1) is 45.3 Å². The molecule has 2 N–H and O–H groups in total. The molecule has 5 heterocycles. The van der Waals surface area contributed by atoms with Gasteiger partial charge in [-0.15, -0.1) is 0 Å². The van der Waals surface area contributed by atoms with E-state index in [1.165, 1.54) is 25.7 Å². The van der Waals surface area contributed by atoms with Gasteiger partial charge in [0, 0.05) is 23.1 Å². The Morgan fingerprint density at radius 3 is 1.78 bits per heavy atom. The van der Waals surface area contributed by atoms with E-state index in [2.05, 4.69) is 6.92 Å². The lowest BCUT2D eigenvalue weighted by atomic mass is 9.52. The number of carbonyl (C=O) groups is 5. The van der Waals surface area contributed by atoms with E-state index in [-0.39, 0.29) is 70.3 Å². The lowest BCUT2D eigenvalue weighted by Crippen LogP contribution is -2.61. The van der Waals surface area contributed by atoms with E-state index in [4.69, 9.17) is 33.2 Å². The SMILES string of the molecule is CCC(C)(C)C(=O)OC1(C2CC3CCC2O3)CCCC1.CCC(C)(C)C(=O)OC12CC3CC(CC(O)(C3)C1)C2.CCC(C)(C)C(=O)OC1C2CC3C(=O)OC1C3O2.CCC(C)(C)C(=O)Oc1cccc2c(O)cccc12. The summed E-state index contributed by atoms with van der Waals surface area (Å²) in [7, 11) is 0. The van der Waals surface area contributed by atoms with E-state index >= 15 is 0 Å². The lowest BCUT2D eigenvalue weighted by Gasteiger charge is -2.59. The second-order valence-electron chi connectivity index (χ2n) is 26.9. The first kappa shape index (κ1) is 57.9. The molecule has 5 saturated carbocycles. The fourth-order valence-electron chi connectivity index (χ4n) is 13.5. The Balaban J connectivity index is 0.000000134. The molecule has 0 aromatic heterocycles. The molecule has 5 aliphatic carbocycles. The minimum Gasteiger partial charge on any atom is -0.507 e. The van der Waals surface area contributed by atoms with Crippen molar-refractivity contribution in [3.8, 4) is 11.5 Å². The highest BCUT2D eigenvalue weighted by Crippen LogP contribution is 2.59. The number of phenolic OH excluding ortho intramolecular Hbond substituents is 1. The third kappa shape index (κ3) is 11.7. The maximum Gasteiger partial charge on any atom is 0.316 e. The van der Waals surface area contributed by atoms with Crippen molar-refractivity contribution in [1.29, 1.82) is 0 Å². The van der Waals surface area contributed by atoms with Crippen LogP contribution >= 0.6 is 0 Å². The van der Waals surface area contributed by atoms with Crippen LogP contribution in [0.1, 0.15) is 199 Å². The van der Waals surface area contributed by atoms with E-state index in [1.54, 1.807) is 30.3 Å². The van der Waals surface area contributed by atoms with Crippen LogP contribution in [0.15, 0.2) is 36.4 Å². The highest BCUT2D eigenvalue weighted by atomic mass is 16.7. The van der Waals surface area contributed by atoms with Gasteiger partial charge in [0.1, 0.15) is 28.8 Å². The number of esters is 5. The topological polar surface area (TPSA) is 190 Å². The average molecular weight is 1060 g/mol. The zero-order chi connectivity index (χ0) is 55.4. The molecule has 0 radical (unpaired) electrons. The molecule has 10 fully saturated rings. The summed E-state index contributed by atoms with van der Waals surface area (Å²) in [6.07, 6.45) is 16.8. The molecule has 10 unspecified atom stereocenters. The number of ether oxygens (including phenoxy) is 7. The van der Waals surface area contributed by atoms with Crippen molar-refractivity contribution in [3.05, 3.63) is 36.4 Å². The van der Waals surface area contributed by atoms with Gasteiger partial charge >= 0.3 is 29.8 Å². The second kappa shape index (κ2) is 21.8. The molecule has 2 aromatic carbocycles. The Hall–Kier alpha value is -4.27.